The molecule has 0 heterocycles. The Morgan fingerprint density at radius 1 is 1.30 bits per heavy atom. The fraction of sp³-hybridized carbons (Fsp3) is 0.471. The quantitative estimate of drug-likeness (QED) is 0.314. The number of benzene rings is 1. The van der Waals surface area contributed by atoms with Gasteiger partial charge < -0.3 is 4.74 Å². The Balaban J connectivity index is 2.53. The summed E-state index contributed by atoms with van der Waals surface area (Å²) in [6, 6.07) is 10.8. The Kier molecular flexibility index (Phi) is 6.72. The van der Waals surface area contributed by atoms with Crippen LogP contribution in [-0.2, 0) is 9.53 Å². The third-order valence-corrected chi connectivity index (χ3v) is 8.14. The predicted octanol–water partition coefficient (Wildman–Crippen LogP) is 3.89. The van der Waals surface area contributed by atoms with E-state index in [0.717, 1.165) is 19.3 Å². The number of unbranched alkanes of at least 4 members (excludes halogenated alkanes) is 1. The van der Waals surface area contributed by atoms with Crippen LogP contribution in [0.5, 0.6) is 0 Å². The van der Waals surface area contributed by atoms with Crippen LogP contribution in [0.15, 0.2) is 43.0 Å². The SMILES string of the molecule is C=C[C@H](CCCCOC(C)=O)[Si](C)(C)c1ccccc1. The zero-order valence-corrected chi connectivity index (χ0v) is 13.9. The first-order valence-corrected chi connectivity index (χ1v) is 10.4. The van der Waals surface area contributed by atoms with Crippen molar-refractivity contribution < 1.29 is 9.53 Å². The molecule has 0 aliphatic carbocycles. The smallest absolute Gasteiger partial charge is 0.302 e. The van der Waals surface area contributed by atoms with Crippen LogP contribution < -0.4 is 5.19 Å². The first kappa shape index (κ1) is 16.7. The largest absolute Gasteiger partial charge is 0.466 e. The van der Waals surface area contributed by atoms with Gasteiger partial charge in [0.25, 0.3) is 0 Å². The zero-order valence-electron chi connectivity index (χ0n) is 12.9. The second-order valence-electron chi connectivity index (χ2n) is 5.77. The summed E-state index contributed by atoms with van der Waals surface area (Å²) < 4.78 is 4.97. The Morgan fingerprint density at radius 3 is 2.50 bits per heavy atom. The van der Waals surface area contributed by atoms with Gasteiger partial charge in [-0.15, -0.1) is 6.58 Å². The van der Waals surface area contributed by atoms with Crippen LogP contribution in [0.4, 0.5) is 0 Å². The van der Waals surface area contributed by atoms with Gasteiger partial charge >= 0.3 is 5.97 Å². The topological polar surface area (TPSA) is 26.3 Å². The highest BCUT2D eigenvalue weighted by molar-refractivity contribution is 6.91. The van der Waals surface area contributed by atoms with Crippen LogP contribution in [0.1, 0.15) is 26.2 Å². The van der Waals surface area contributed by atoms with Crippen molar-refractivity contribution >= 4 is 19.2 Å². The summed E-state index contributed by atoms with van der Waals surface area (Å²) in [6.45, 7) is 10.8. The first-order valence-electron chi connectivity index (χ1n) is 7.30. The van der Waals surface area contributed by atoms with Crippen molar-refractivity contribution in [1.82, 2.24) is 0 Å². The van der Waals surface area contributed by atoms with Gasteiger partial charge in [0, 0.05) is 6.92 Å². The molecule has 0 N–H and O–H groups in total. The molecule has 0 amide bonds. The summed E-state index contributed by atoms with van der Waals surface area (Å²) in [5, 5.41) is 1.48. The Morgan fingerprint density at radius 2 is 1.95 bits per heavy atom. The normalized spacial score (nSPS) is 12.8. The highest BCUT2D eigenvalue weighted by Gasteiger charge is 2.30. The second kappa shape index (κ2) is 8.05. The number of allylic oxidation sites excluding steroid dienone is 1. The summed E-state index contributed by atoms with van der Waals surface area (Å²) in [7, 11) is -1.52. The molecule has 0 aliphatic rings. The molecule has 0 saturated heterocycles. The van der Waals surface area contributed by atoms with Crippen LogP contribution in [0, 0.1) is 0 Å². The minimum absolute atomic E-state index is 0.190. The van der Waals surface area contributed by atoms with Gasteiger partial charge in [0.2, 0.25) is 0 Å². The van der Waals surface area contributed by atoms with E-state index in [1.807, 2.05) is 0 Å². The average Bonchev–Trinajstić information content (AvgIpc) is 2.43. The van der Waals surface area contributed by atoms with Crippen molar-refractivity contribution in [1.29, 1.82) is 0 Å². The Labute approximate surface area is 123 Å². The molecule has 110 valence electrons. The molecule has 0 aliphatic heterocycles. The molecule has 0 unspecified atom stereocenters. The molecule has 0 bridgehead atoms. The number of hydrogen-bond acceptors (Lipinski definition) is 2. The maximum absolute atomic E-state index is 10.7. The number of ether oxygens (including phenoxy) is 1. The third kappa shape index (κ3) is 4.97. The molecule has 1 aromatic carbocycles. The highest BCUT2D eigenvalue weighted by Crippen LogP contribution is 2.28. The van der Waals surface area contributed by atoms with Gasteiger partial charge in [-0.3, -0.25) is 4.79 Å². The van der Waals surface area contributed by atoms with Crippen LogP contribution in [0.25, 0.3) is 0 Å². The monoisotopic (exact) mass is 290 g/mol. The van der Waals surface area contributed by atoms with Gasteiger partial charge in [-0.1, -0.05) is 54.7 Å². The number of rotatable bonds is 8. The van der Waals surface area contributed by atoms with Crippen molar-refractivity contribution in [3.63, 3.8) is 0 Å². The summed E-state index contributed by atoms with van der Waals surface area (Å²) in [5.74, 6) is -0.190. The van der Waals surface area contributed by atoms with Crippen LogP contribution in [0.2, 0.25) is 18.6 Å². The molecule has 3 heteroatoms. The molecule has 0 radical (unpaired) electrons. The summed E-state index contributed by atoms with van der Waals surface area (Å²) >= 11 is 0. The minimum atomic E-state index is -1.52. The average molecular weight is 290 g/mol. The molecule has 1 rings (SSSR count). The number of carbonyl (C=O) groups excluding carboxylic acids is 1. The van der Waals surface area contributed by atoms with E-state index in [4.69, 9.17) is 4.74 Å². The minimum Gasteiger partial charge on any atom is -0.466 e. The van der Waals surface area contributed by atoms with E-state index in [-0.39, 0.29) is 5.97 Å². The lowest BCUT2D eigenvalue weighted by Gasteiger charge is -2.31. The maximum atomic E-state index is 10.7. The summed E-state index contributed by atoms with van der Waals surface area (Å²) in [4.78, 5) is 10.7. The van der Waals surface area contributed by atoms with Gasteiger partial charge in [0.1, 0.15) is 0 Å². The van der Waals surface area contributed by atoms with Crippen molar-refractivity contribution in [2.24, 2.45) is 0 Å². The van der Waals surface area contributed by atoms with Crippen molar-refractivity contribution in [3.8, 4) is 0 Å². The zero-order chi connectivity index (χ0) is 15.0. The molecular weight excluding hydrogens is 264 g/mol. The van der Waals surface area contributed by atoms with Crippen LogP contribution >= 0.6 is 0 Å². The number of esters is 1. The van der Waals surface area contributed by atoms with Gasteiger partial charge in [0.05, 0.1) is 14.7 Å². The lowest BCUT2D eigenvalue weighted by Crippen LogP contribution is -2.45. The molecule has 1 atom stereocenters. The number of hydrogen-bond donors (Lipinski definition) is 0. The third-order valence-electron chi connectivity index (χ3n) is 3.94. The van der Waals surface area contributed by atoms with Gasteiger partial charge in [-0.2, -0.15) is 0 Å². The van der Waals surface area contributed by atoms with Crippen molar-refractivity contribution in [2.45, 2.75) is 44.8 Å². The molecule has 0 aromatic heterocycles. The summed E-state index contributed by atoms with van der Waals surface area (Å²) in [6.07, 6.45) is 5.25. The fourth-order valence-electron chi connectivity index (χ4n) is 2.54. The Hall–Kier alpha value is -1.35. The Bertz CT molecular complexity index is 426. The molecular formula is C17H26O2Si. The highest BCUT2D eigenvalue weighted by atomic mass is 28.3. The van der Waals surface area contributed by atoms with E-state index in [1.165, 1.54) is 12.1 Å². The van der Waals surface area contributed by atoms with E-state index >= 15 is 0 Å². The van der Waals surface area contributed by atoms with E-state index < -0.39 is 8.07 Å². The van der Waals surface area contributed by atoms with E-state index in [1.54, 1.807) is 0 Å². The predicted molar refractivity (Wildman–Crippen MR) is 88.0 cm³/mol. The van der Waals surface area contributed by atoms with E-state index in [2.05, 4.69) is 56.1 Å². The maximum Gasteiger partial charge on any atom is 0.302 e. The van der Waals surface area contributed by atoms with Gasteiger partial charge in [-0.25, -0.2) is 0 Å². The summed E-state index contributed by atoms with van der Waals surface area (Å²) in [5.41, 5.74) is 0.558. The van der Waals surface area contributed by atoms with E-state index in [0.29, 0.717) is 12.1 Å². The van der Waals surface area contributed by atoms with Crippen molar-refractivity contribution in [2.75, 3.05) is 6.61 Å². The first-order chi connectivity index (χ1) is 9.48. The lowest BCUT2D eigenvalue weighted by atomic mass is 10.2. The molecule has 0 spiro atoms. The lowest BCUT2D eigenvalue weighted by molar-refractivity contribution is -0.141. The second-order valence-corrected chi connectivity index (χ2v) is 10.5. The van der Waals surface area contributed by atoms with Gasteiger partial charge in [0.15, 0.2) is 0 Å². The fourth-order valence-corrected chi connectivity index (χ4v) is 5.53. The molecule has 1 aromatic rings. The number of carbonyl (C=O) groups is 1. The van der Waals surface area contributed by atoms with Crippen LogP contribution in [0.3, 0.4) is 0 Å². The molecule has 0 saturated carbocycles. The van der Waals surface area contributed by atoms with Gasteiger partial charge in [-0.05, 0) is 24.8 Å². The standard InChI is InChI=1S/C17H26O2Si/c1-5-16(11-9-10-14-19-15(2)18)20(3,4)17-12-7-6-8-13-17/h5-8,12-13,16H,1,9-11,14H2,2-4H3/t16-/m1/s1. The molecule has 0 fully saturated rings. The van der Waals surface area contributed by atoms with Crippen LogP contribution in [-0.4, -0.2) is 20.7 Å². The van der Waals surface area contributed by atoms with Crippen molar-refractivity contribution in [3.05, 3.63) is 43.0 Å². The van der Waals surface area contributed by atoms with E-state index in [9.17, 15) is 4.79 Å². The molecule has 2 nitrogen and oxygen atoms in total. The molecule has 20 heavy (non-hydrogen) atoms.